The van der Waals surface area contributed by atoms with Gasteiger partial charge in [0.2, 0.25) is 0 Å². The summed E-state index contributed by atoms with van der Waals surface area (Å²) in [6.07, 6.45) is 0.941. The van der Waals surface area contributed by atoms with Crippen LogP contribution in [0.3, 0.4) is 0 Å². The van der Waals surface area contributed by atoms with Gasteiger partial charge in [0.05, 0.1) is 0 Å². The number of benzene rings is 1. The molecule has 6 heteroatoms. The molecular weight excluding hydrogens is 274 g/mol. The lowest BCUT2D eigenvalue weighted by Crippen LogP contribution is -2.30. The quantitative estimate of drug-likeness (QED) is 0.924. The molecule has 1 aromatic rings. The van der Waals surface area contributed by atoms with Crippen molar-refractivity contribution in [2.24, 2.45) is 5.92 Å². The Bertz CT molecular complexity index is 456. The summed E-state index contributed by atoms with van der Waals surface area (Å²) in [6, 6.07) is 3.28. The first kappa shape index (κ1) is 15.9. The standard InChI is InChI=1S/C13H16F2N2O.ClH/c1-16-7-9-4-5-17(8-9)13(18)10-2-3-11(14)12(15)6-10;/h2-3,6,9,16H,4-5,7-8H2,1H3;1H. The molecule has 1 fully saturated rings. The molecule has 1 saturated heterocycles. The second-order valence-electron chi connectivity index (χ2n) is 4.59. The molecular formula is C13H17ClF2N2O. The molecule has 0 radical (unpaired) electrons. The zero-order valence-electron chi connectivity index (χ0n) is 10.7. The van der Waals surface area contributed by atoms with Gasteiger partial charge in [-0.25, -0.2) is 8.78 Å². The number of hydrogen-bond donors (Lipinski definition) is 1. The summed E-state index contributed by atoms with van der Waals surface area (Å²) in [5.74, 6) is -1.70. The van der Waals surface area contributed by atoms with Gasteiger partial charge < -0.3 is 10.2 Å². The molecule has 1 atom stereocenters. The largest absolute Gasteiger partial charge is 0.338 e. The number of carbonyl (C=O) groups excluding carboxylic acids is 1. The average Bonchev–Trinajstić information content (AvgIpc) is 2.81. The van der Waals surface area contributed by atoms with Gasteiger partial charge in [0.25, 0.3) is 5.91 Å². The summed E-state index contributed by atoms with van der Waals surface area (Å²) in [5.41, 5.74) is 0.207. The van der Waals surface area contributed by atoms with Crippen LogP contribution in [0, 0.1) is 17.6 Å². The highest BCUT2D eigenvalue weighted by Gasteiger charge is 2.26. The van der Waals surface area contributed by atoms with Crippen LogP contribution in [0.5, 0.6) is 0 Å². The summed E-state index contributed by atoms with van der Waals surface area (Å²) in [7, 11) is 1.87. The maximum Gasteiger partial charge on any atom is 0.253 e. The molecule has 106 valence electrons. The van der Waals surface area contributed by atoms with Crippen LogP contribution in [0.15, 0.2) is 18.2 Å². The molecule has 0 bridgehead atoms. The smallest absolute Gasteiger partial charge is 0.253 e. The fraction of sp³-hybridized carbons (Fsp3) is 0.462. The lowest BCUT2D eigenvalue weighted by molar-refractivity contribution is 0.0786. The average molecular weight is 291 g/mol. The molecule has 1 aromatic carbocycles. The Morgan fingerprint density at radius 3 is 2.79 bits per heavy atom. The van der Waals surface area contributed by atoms with Crippen LogP contribution in [0.25, 0.3) is 0 Å². The van der Waals surface area contributed by atoms with E-state index in [2.05, 4.69) is 5.32 Å². The van der Waals surface area contributed by atoms with Crippen molar-refractivity contribution in [1.29, 1.82) is 0 Å². The van der Waals surface area contributed by atoms with Gasteiger partial charge in [-0.1, -0.05) is 0 Å². The van der Waals surface area contributed by atoms with Crippen LogP contribution in [0.1, 0.15) is 16.8 Å². The maximum absolute atomic E-state index is 13.1. The molecule has 1 heterocycles. The molecule has 0 saturated carbocycles. The number of carbonyl (C=O) groups is 1. The normalized spacial score (nSPS) is 18.3. The monoisotopic (exact) mass is 290 g/mol. The van der Waals surface area contributed by atoms with Crippen molar-refractivity contribution in [2.75, 3.05) is 26.7 Å². The Kier molecular flexibility index (Phi) is 5.69. The van der Waals surface area contributed by atoms with E-state index >= 15 is 0 Å². The second-order valence-corrected chi connectivity index (χ2v) is 4.59. The van der Waals surface area contributed by atoms with Crippen molar-refractivity contribution < 1.29 is 13.6 Å². The highest BCUT2D eigenvalue weighted by Crippen LogP contribution is 2.19. The third-order valence-corrected chi connectivity index (χ3v) is 3.23. The van der Waals surface area contributed by atoms with Crippen LogP contribution in [0.2, 0.25) is 0 Å². The zero-order chi connectivity index (χ0) is 13.1. The number of rotatable bonds is 3. The summed E-state index contributed by atoms with van der Waals surface area (Å²) in [5, 5.41) is 3.08. The van der Waals surface area contributed by atoms with Crippen molar-refractivity contribution in [2.45, 2.75) is 6.42 Å². The first-order valence-corrected chi connectivity index (χ1v) is 6.00. The van der Waals surface area contributed by atoms with E-state index in [9.17, 15) is 13.6 Å². The van der Waals surface area contributed by atoms with Gasteiger partial charge in [-0.3, -0.25) is 4.79 Å². The van der Waals surface area contributed by atoms with E-state index in [4.69, 9.17) is 0 Å². The van der Waals surface area contributed by atoms with Crippen LogP contribution in [-0.2, 0) is 0 Å². The van der Waals surface area contributed by atoms with Crippen LogP contribution in [0.4, 0.5) is 8.78 Å². The van der Waals surface area contributed by atoms with Crippen LogP contribution >= 0.6 is 12.4 Å². The Morgan fingerprint density at radius 1 is 1.42 bits per heavy atom. The molecule has 1 N–H and O–H groups in total. The van der Waals surface area contributed by atoms with Gasteiger partial charge in [0.15, 0.2) is 11.6 Å². The Hall–Kier alpha value is -1.20. The van der Waals surface area contributed by atoms with E-state index in [1.807, 2.05) is 7.05 Å². The van der Waals surface area contributed by atoms with E-state index in [1.54, 1.807) is 4.90 Å². The van der Waals surface area contributed by atoms with E-state index in [0.717, 1.165) is 25.1 Å². The predicted molar refractivity (Wildman–Crippen MR) is 71.5 cm³/mol. The molecule has 2 rings (SSSR count). The lowest BCUT2D eigenvalue weighted by Gasteiger charge is -2.16. The number of halogens is 3. The molecule has 19 heavy (non-hydrogen) atoms. The Balaban J connectivity index is 0.00000180. The molecule has 0 aliphatic carbocycles. The summed E-state index contributed by atoms with van der Waals surface area (Å²) < 4.78 is 25.9. The maximum atomic E-state index is 13.1. The van der Waals surface area contributed by atoms with E-state index in [0.29, 0.717) is 19.0 Å². The number of nitrogens with one attached hydrogen (secondary N) is 1. The minimum Gasteiger partial charge on any atom is -0.338 e. The topological polar surface area (TPSA) is 32.3 Å². The van der Waals surface area contributed by atoms with E-state index in [1.165, 1.54) is 6.07 Å². The molecule has 1 aliphatic heterocycles. The van der Waals surface area contributed by atoms with Gasteiger partial charge in [-0.05, 0) is 44.1 Å². The van der Waals surface area contributed by atoms with Crippen molar-refractivity contribution in [1.82, 2.24) is 10.2 Å². The highest BCUT2D eigenvalue weighted by atomic mass is 35.5. The highest BCUT2D eigenvalue weighted by molar-refractivity contribution is 5.94. The summed E-state index contributed by atoms with van der Waals surface area (Å²) >= 11 is 0. The van der Waals surface area contributed by atoms with Crippen molar-refractivity contribution >= 4 is 18.3 Å². The molecule has 1 aliphatic rings. The Labute approximate surface area is 117 Å². The van der Waals surface area contributed by atoms with Crippen molar-refractivity contribution in [3.63, 3.8) is 0 Å². The van der Waals surface area contributed by atoms with Gasteiger partial charge in [-0.2, -0.15) is 0 Å². The number of nitrogens with zero attached hydrogens (tertiary/aromatic N) is 1. The number of amides is 1. The van der Waals surface area contributed by atoms with Crippen LogP contribution in [-0.4, -0.2) is 37.5 Å². The van der Waals surface area contributed by atoms with Crippen molar-refractivity contribution in [3.8, 4) is 0 Å². The minimum atomic E-state index is -0.980. The van der Waals surface area contributed by atoms with E-state index < -0.39 is 11.6 Å². The van der Waals surface area contributed by atoms with Gasteiger partial charge >= 0.3 is 0 Å². The predicted octanol–water partition coefficient (Wildman–Crippen LogP) is 2.07. The summed E-state index contributed by atoms with van der Waals surface area (Å²) in [6.45, 7) is 2.20. The van der Waals surface area contributed by atoms with Gasteiger partial charge in [-0.15, -0.1) is 12.4 Å². The first-order chi connectivity index (χ1) is 8.61. The molecule has 1 unspecified atom stereocenters. The molecule has 0 aromatic heterocycles. The zero-order valence-corrected chi connectivity index (χ0v) is 11.5. The fourth-order valence-corrected chi connectivity index (χ4v) is 2.28. The number of hydrogen-bond acceptors (Lipinski definition) is 2. The first-order valence-electron chi connectivity index (χ1n) is 6.00. The summed E-state index contributed by atoms with van der Waals surface area (Å²) in [4.78, 5) is 13.8. The van der Waals surface area contributed by atoms with Crippen LogP contribution < -0.4 is 5.32 Å². The molecule has 1 amide bonds. The Morgan fingerprint density at radius 2 is 2.16 bits per heavy atom. The fourth-order valence-electron chi connectivity index (χ4n) is 2.28. The third-order valence-electron chi connectivity index (χ3n) is 3.23. The minimum absolute atomic E-state index is 0. The second kappa shape index (κ2) is 6.82. The molecule has 0 spiro atoms. The SMILES string of the molecule is CNCC1CCN(C(=O)c2ccc(F)c(F)c2)C1.Cl. The van der Waals surface area contributed by atoms with E-state index in [-0.39, 0.29) is 23.9 Å². The number of likely N-dealkylation sites (tertiary alicyclic amines) is 1. The third kappa shape index (κ3) is 3.64. The van der Waals surface area contributed by atoms with Crippen molar-refractivity contribution in [3.05, 3.63) is 35.4 Å². The molecule has 3 nitrogen and oxygen atoms in total. The van der Waals surface area contributed by atoms with Gasteiger partial charge in [0.1, 0.15) is 0 Å². The van der Waals surface area contributed by atoms with Gasteiger partial charge in [0, 0.05) is 18.7 Å². The lowest BCUT2D eigenvalue weighted by atomic mass is 10.1.